The molecule has 29 heavy (non-hydrogen) atoms. The quantitative estimate of drug-likeness (QED) is 0.370. The number of rotatable bonds is 5. The van der Waals surface area contributed by atoms with Gasteiger partial charge < -0.3 is 10.0 Å². The van der Waals surface area contributed by atoms with Crippen LogP contribution in [0.3, 0.4) is 0 Å². The first kappa shape index (κ1) is 19.9. The molecule has 1 aromatic heterocycles. The van der Waals surface area contributed by atoms with E-state index in [1.807, 2.05) is 0 Å². The summed E-state index contributed by atoms with van der Waals surface area (Å²) in [5.41, 5.74) is 3.34. The van der Waals surface area contributed by atoms with E-state index < -0.39 is 11.7 Å². The Kier molecular flexibility index (Phi) is 5.37. The number of hydrogen-bond acceptors (Lipinski definition) is 6. The largest absolute Gasteiger partial charge is 0.505 e. The number of azo groups is 1. The molecule has 0 saturated carbocycles. The highest BCUT2D eigenvalue weighted by atomic mass is 32.2. The maximum absolute atomic E-state index is 13.2. The molecule has 4 rings (SSSR count). The molecule has 2 aromatic rings. The average molecular weight is 426 g/mol. The zero-order valence-electron chi connectivity index (χ0n) is 15.3. The lowest BCUT2D eigenvalue weighted by Crippen LogP contribution is -2.34. The number of anilines is 1. The molecule has 0 saturated heterocycles. The van der Waals surface area contributed by atoms with Crippen LogP contribution in [-0.2, 0) is 12.8 Å². The normalized spacial score (nSPS) is 16.5. The lowest BCUT2D eigenvalue weighted by Gasteiger charge is -2.37. The number of aryl methyl sites for hydroxylation is 1. The highest BCUT2D eigenvalue weighted by molar-refractivity contribution is 8.00. The summed E-state index contributed by atoms with van der Waals surface area (Å²) in [6.45, 7) is 1.94. The molecule has 0 atom stereocenters. The van der Waals surface area contributed by atoms with Crippen molar-refractivity contribution >= 4 is 29.0 Å². The van der Waals surface area contributed by atoms with Gasteiger partial charge in [0.2, 0.25) is 0 Å². The highest BCUT2D eigenvalue weighted by Crippen LogP contribution is 2.45. The molecule has 3 heterocycles. The van der Waals surface area contributed by atoms with Crippen molar-refractivity contribution in [3.05, 3.63) is 35.4 Å². The second-order valence-electron chi connectivity index (χ2n) is 6.92. The Morgan fingerprint density at radius 3 is 2.66 bits per heavy atom. The van der Waals surface area contributed by atoms with E-state index >= 15 is 0 Å². The number of phenolic OH excluding ortho intramolecular Hbond substituents is 1. The lowest BCUT2D eigenvalue weighted by molar-refractivity contribution is -0.0564. The summed E-state index contributed by atoms with van der Waals surface area (Å²) in [5, 5.41) is 14.1. The SMILES string of the molecule is Oc1c(N=Nc2cccc(SC(F)(F)C(F)F)n2)cc2c3c1CCCN3CCC2. The molecule has 0 aliphatic carbocycles. The first-order valence-electron chi connectivity index (χ1n) is 9.21. The van der Waals surface area contributed by atoms with Crippen LogP contribution in [0.2, 0.25) is 0 Å². The van der Waals surface area contributed by atoms with Crippen LogP contribution in [0.25, 0.3) is 0 Å². The smallest absolute Gasteiger partial charge is 0.359 e. The maximum atomic E-state index is 13.2. The molecule has 0 amide bonds. The van der Waals surface area contributed by atoms with E-state index in [2.05, 4.69) is 20.1 Å². The number of aromatic nitrogens is 1. The van der Waals surface area contributed by atoms with Crippen molar-refractivity contribution in [2.24, 2.45) is 10.2 Å². The Bertz CT molecular complexity index is 952. The molecule has 154 valence electrons. The van der Waals surface area contributed by atoms with Crippen LogP contribution in [0.15, 0.2) is 39.5 Å². The summed E-state index contributed by atoms with van der Waals surface area (Å²) < 4.78 is 51.2. The Morgan fingerprint density at radius 2 is 1.90 bits per heavy atom. The summed E-state index contributed by atoms with van der Waals surface area (Å²) >= 11 is -0.326. The van der Waals surface area contributed by atoms with Gasteiger partial charge in [-0.3, -0.25) is 0 Å². The molecule has 1 N–H and O–H groups in total. The summed E-state index contributed by atoms with van der Waals surface area (Å²) in [4.78, 5) is 6.12. The predicted molar refractivity (Wildman–Crippen MR) is 102 cm³/mol. The van der Waals surface area contributed by atoms with Crippen molar-refractivity contribution in [1.29, 1.82) is 0 Å². The Balaban J connectivity index is 1.61. The molecule has 0 fully saturated rings. The van der Waals surface area contributed by atoms with Crippen molar-refractivity contribution < 1.29 is 22.7 Å². The number of aromatic hydroxyl groups is 1. The van der Waals surface area contributed by atoms with Crippen LogP contribution < -0.4 is 4.90 Å². The van der Waals surface area contributed by atoms with Crippen LogP contribution in [-0.4, -0.2) is 34.9 Å². The minimum absolute atomic E-state index is 0.00698. The molecule has 0 bridgehead atoms. The van der Waals surface area contributed by atoms with Crippen molar-refractivity contribution in [2.75, 3.05) is 18.0 Å². The molecule has 0 unspecified atom stereocenters. The van der Waals surface area contributed by atoms with Crippen molar-refractivity contribution in [3.8, 4) is 5.75 Å². The van der Waals surface area contributed by atoms with Gasteiger partial charge in [-0.2, -0.15) is 8.78 Å². The van der Waals surface area contributed by atoms with Gasteiger partial charge in [-0.05, 0) is 61.2 Å². The first-order valence-corrected chi connectivity index (χ1v) is 10.0. The molecular weight excluding hydrogens is 408 g/mol. The van der Waals surface area contributed by atoms with Gasteiger partial charge >= 0.3 is 11.7 Å². The zero-order valence-corrected chi connectivity index (χ0v) is 16.1. The highest BCUT2D eigenvalue weighted by Gasteiger charge is 2.42. The van der Waals surface area contributed by atoms with Gasteiger partial charge in [0.1, 0.15) is 16.5 Å². The van der Waals surface area contributed by atoms with Crippen LogP contribution in [0.4, 0.5) is 34.8 Å². The molecule has 1 aromatic carbocycles. The van der Waals surface area contributed by atoms with Gasteiger partial charge in [-0.15, -0.1) is 10.2 Å². The van der Waals surface area contributed by atoms with Crippen LogP contribution >= 0.6 is 11.8 Å². The van der Waals surface area contributed by atoms with Gasteiger partial charge in [0.05, 0.1) is 0 Å². The first-order chi connectivity index (χ1) is 13.8. The fourth-order valence-electron chi connectivity index (χ4n) is 3.71. The number of pyridine rings is 1. The third-order valence-electron chi connectivity index (χ3n) is 4.94. The van der Waals surface area contributed by atoms with E-state index in [-0.39, 0.29) is 28.4 Å². The van der Waals surface area contributed by atoms with Gasteiger partial charge in [-0.1, -0.05) is 6.07 Å². The monoisotopic (exact) mass is 426 g/mol. The zero-order chi connectivity index (χ0) is 20.6. The third-order valence-corrected chi connectivity index (χ3v) is 5.83. The van der Waals surface area contributed by atoms with Crippen LogP contribution in [0.5, 0.6) is 5.75 Å². The van der Waals surface area contributed by atoms with Gasteiger partial charge in [0.15, 0.2) is 5.82 Å². The minimum Gasteiger partial charge on any atom is -0.505 e. The second-order valence-corrected chi connectivity index (χ2v) is 8.09. The summed E-state index contributed by atoms with van der Waals surface area (Å²) in [6.07, 6.45) is -0.202. The minimum atomic E-state index is -4.24. The lowest BCUT2D eigenvalue weighted by atomic mass is 9.90. The molecule has 2 aliphatic heterocycles. The summed E-state index contributed by atoms with van der Waals surface area (Å²) in [7, 11) is 0. The summed E-state index contributed by atoms with van der Waals surface area (Å²) in [5.74, 6) is 0.0568. The number of alkyl halides is 4. The van der Waals surface area contributed by atoms with E-state index in [0.717, 1.165) is 55.6 Å². The van der Waals surface area contributed by atoms with E-state index in [1.54, 1.807) is 6.07 Å². The molecule has 2 aliphatic rings. The number of nitrogens with zero attached hydrogens (tertiary/aromatic N) is 4. The van der Waals surface area contributed by atoms with E-state index in [9.17, 15) is 22.7 Å². The van der Waals surface area contributed by atoms with Gasteiger partial charge in [-0.25, -0.2) is 13.8 Å². The summed E-state index contributed by atoms with van der Waals surface area (Å²) in [6, 6.07) is 5.81. The van der Waals surface area contributed by atoms with E-state index in [4.69, 9.17) is 0 Å². The average Bonchev–Trinajstić information content (AvgIpc) is 2.69. The van der Waals surface area contributed by atoms with Crippen LogP contribution in [0.1, 0.15) is 24.0 Å². The molecule has 5 nitrogen and oxygen atoms in total. The van der Waals surface area contributed by atoms with E-state index in [0.29, 0.717) is 5.69 Å². The predicted octanol–water partition coefficient (Wildman–Crippen LogP) is 5.85. The number of thioether (sulfide) groups is 1. The maximum Gasteiger partial charge on any atom is 0.359 e. The number of benzene rings is 1. The van der Waals surface area contributed by atoms with Gasteiger partial charge in [0, 0.05) is 24.3 Å². The molecule has 10 heteroatoms. The van der Waals surface area contributed by atoms with Crippen molar-refractivity contribution in [3.63, 3.8) is 0 Å². The number of hydrogen-bond donors (Lipinski definition) is 1. The Morgan fingerprint density at radius 1 is 1.14 bits per heavy atom. The molecule has 0 radical (unpaired) electrons. The third kappa shape index (κ3) is 4.03. The fraction of sp³-hybridized carbons (Fsp3) is 0.421. The van der Waals surface area contributed by atoms with Crippen molar-refractivity contribution in [2.45, 2.75) is 42.4 Å². The van der Waals surface area contributed by atoms with Crippen molar-refractivity contribution in [1.82, 2.24) is 4.98 Å². The van der Waals surface area contributed by atoms with Gasteiger partial charge in [0.25, 0.3) is 0 Å². The Hall–Kier alpha value is -2.36. The molecular formula is C19H18F4N4OS. The number of phenols is 1. The van der Waals surface area contributed by atoms with Crippen LogP contribution in [0, 0.1) is 0 Å². The molecule has 0 spiro atoms. The Labute approximate surface area is 168 Å². The second kappa shape index (κ2) is 7.81. The van der Waals surface area contributed by atoms with E-state index in [1.165, 1.54) is 18.2 Å². The number of halogens is 4. The standard InChI is InChI=1S/C19H18F4N4OS/c20-18(21)19(22,23)29-15-7-1-6-14(24-15)26-25-13-10-11-4-2-8-27-9-3-5-12(16(11)27)17(13)28/h1,6-7,10,18,28H,2-5,8-9H2. The fourth-order valence-corrected chi connectivity index (χ4v) is 4.36. The topological polar surface area (TPSA) is 61.1 Å².